The lowest BCUT2D eigenvalue weighted by Gasteiger charge is -2.32. The number of likely N-dealkylation sites (N-methyl/N-ethyl adjacent to an activating group) is 1. The van der Waals surface area contributed by atoms with E-state index in [1.165, 1.54) is 11.8 Å². The maximum atomic E-state index is 12.5. The van der Waals surface area contributed by atoms with Crippen LogP contribution in [0.25, 0.3) is 11.3 Å². The second kappa shape index (κ2) is 11.2. The highest BCUT2D eigenvalue weighted by Gasteiger charge is 2.19. The van der Waals surface area contributed by atoms with Crippen LogP contribution in [0.1, 0.15) is 23.4 Å². The minimum absolute atomic E-state index is 0.140. The highest BCUT2D eigenvalue weighted by atomic mass is 32.2. The molecule has 35 heavy (non-hydrogen) atoms. The Morgan fingerprint density at radius 2 is 1.74 bits per heavy atom. The second-order valence-corrected chi connectivity index (χ2v) is 9.38. The summed E-state index contributed by atoms with van der Waals surface area (Å²) >= 11 is 1.40. The van der Waals surface area contributed by atoms with Gasteiger partial charge in [0.1, 0.15) is 17.5 Å². The average molecular weight is 489 g/mol. The van der Waals surface area contributed by atoms with E-state index in [-0.39, 0.29) is 17.3 Å². The molecule has 0 atom stereocenters. The third kappa shape index (κ3) is 6.26. The molecule has 4 rings (SSSR count). The van der Waals surface area contributed by atoms with Gasteiger partial charge in [0.15, 0.2) is 5.16 Å². The molecule has 0 spiro atoms. The summed E-state index contributed by atoms with van der Waals surface area (Å²) in [5.41, 5.74) is 15.7. The number of carbonyl (C=O) groups excluding carboxylic acids is 1. The number of aromatic nitrogens is 3. The van der Waals surface area contributed by atoms with Gasteiger partial charge < -0.3 is 21.3 Å². The molecule has 10 heteroatoms. The van der Waals surface area contributed by atoms with Crippen LogP contribution in [0.2, 0.25) is 0 Å². The Bertz CT molecular complexity index is 1230. The zero-order valence-electron chi connectivity index (χ0n) is 19.6. The largest absolute Gasteiger partial charge is 0.399 e. The van der Waals surface area contributed by atoms with E-state index in [9.17, 15) is 10.1 Å². The quantitative estimate of drug-likeness (QED) is 0.292. The Morgan fingerprint density at radius 1 is 1.03 bits per heavy atom. The van der Waals surface area contributed by atoms with Gasteiger partial charge >= 0.3 is 0 Å². The number of hydrogen-bond acceptors (Lipinski definition) is 9. The molecular weight excluding hydrogens is 460 g/mol. The van der Waals surface area contributed by atoms with Gasteiger partial charge in [-0.15, -0.1) is 0 Å². The van der Waals surface area contributed by atoms with Gasteiger partial charge in [-0.25, -0.2) is 9.97 Å². The van der Waals surface area contributed by atoms with Crippen molar-refractivity contribution in [2.24, 2.45) is 0 Å². The molecule has 9 nitrogen and oxygen atoms in total. The highest BCUT2D eigenvalue weighted by Crippen LogP contribution is 2.29. The number of piperazine rings is 1. The average Bonchev–Trinajstić information content (AvgIpc) is 2.87. The van der Waals surface area contributed by atoms with Crippen LogP contribution in [-0.2, 0) is 17.0 Å². The molecular formula is C25H28N8OS. The molecule has 1 saturated heterocycles. The molecule has 1 aliphatic heterocycles. The number of hydrogen-bond donors (Lipinski definition) is 2. The maximum absolute atomic E-state index is 12.5. The van der Waals surface area contributed by atoms with Crippen LogP contribution in [-0.4, -0.2) is 63.9 Å². The SMILES string of the molecule is CN1CCN(C(=O)CCc2cccc(CSc3nc(N)c(C#N)c(-c4ccc(N)cc4)n3)n2)CC1. The molecule has 0 bridgehead atoms. The summed E-state index contributed by atoms with van der Waals surface area (Å²) in [7, 11) is 2.07. The van der Waals surface area contributed by atoms with E-state index >= 15 is 0 Å². The second-order valence-electron chi connectivity index (χ2n) is 8.44. The van der Waals surface area contributed by atoms with Crippen LogP contribution in [0.15, 0.2) is 47.6 Å². The minimum atomic E-state index is 0.140. The lowest BCUT2D eigenvalue weighted by molar-refractivity contribution is -0.132. The third-order valence-corrected chi connectivity index (χ3v) is 6.76. The number of amides is 1. The van der Waals surface area contributed by atoms with Crippen molar-refractivity contribution in [2.45, 2.75) is 23.8 Å². The van der Waals surface area contributed by atoms with Gasteiger partial charge in [-0.2, -0.15) is 5.26 Å². The number of aryl methyl sites for hydroxylation is 1. The van der Waals surface area contributed by atoms with Crippen LogP contribution in [0.5, 0.6) is 0 Å². The zero-order valence-corrected chi connectivity index (χ0v) is 20.5. The number of rotatable bonds is 7. The summed E-state index contributed by atoms with van der Waals surface area (Å²) in [4.78, 5) is 30.3. The number of benzene rings is 1. The first kappa shape index (κ1) is 24.4. The van der Waals surface area contributed by atoms with Crippen LogP contribution < -0.4 is 11.5 Å². The maximum Gasteiger partial charge on any atom is 0.223 e. The fourth-order valence-electron chi connectivity index (χ4n) is 3.82. The fourth-order valence-corrected chi connectivity index (χ4v) is 4.57. The van der Waals surface area contributed by atoms with Gasteiger partial charge in [-0.05, 0) is 37.7 Å². The van der Waals surface area contributed by atoms with E-state index in [2.05, 4.69) is 28.0 Å². The van der Waals surface area contributed by atoms with Gasteiger partial charge in [0.25, 0.3) is 0 Å². The Balaban J connectivity index is 1.41. The smallest absolute Gasteiger partial charge is 0.223 e. The first-order valence-electron chi connectivity index (χ1n) is 11.4. The van der Waals surface area contributed by atoms with Gasteiger partial charge in [-0.1, -0.05) is 30.0 Å². The van der Waals surface area contributed by atoms with Crippen molar-refractivity contribution in [1.82, 2.24) is 24.8 Å². The van der Waals surface area contributed by atoms with E-state index in [0.29, 0.717) is 35.1 Å². The Hall–Kier alpha value is -3.68. The summed E-state index contributed by atoms with van der Waals surface area (Å²) in [6, 6.07) is 15.1. The van der Waals surface area contributed by atoms with Gasteiger partial charge in [0.05, 0.1) is 11.4 Å². The van der Waals surface area contributed by atoms with Crippen LogP contribution in [0, 0.1) is 11.3 Å². The van der Waals surface area contributed by atoms with Crippen LogP contribution in [0.4, 0.5) is 11.5 Å². The summed E-state index contributed by atoms with van der Waals surface area (Å²) < 4.78 is 0. The molecule has 2 aromatic heterocycles. The van der Waals surface area contributed by atoms with Crippen LogP contribution in [0.3, 0.4) is 0 Å². The first-order chi connectivity index (χ1) is 16.9. The number of pyridine rings is 1. The standard InChI is InChI=1S/C25H28N8OS/c1-32-11-13-33(14-12-32)22(34)10-9-19-3-2-4-20(29-19)16-35-25-30-23(21(15-26)24(28)31-25)17-5-7-18(27)8-6-17/h2-8H,9-14,16,27H2,1H3,(H2,28,30,31). The molecule has 4 N–H and O–H groups in total. The predicted molar refractivity (Wildman–Crippen MR) is 137 cm³/mol. The normalized spacial score (nSPS) is 14.0. The third-order valence-electron chi connectivity index (χ3n) is 5.88. The molecule has 1 fully saturated rings. The van der Waals surface area contributed by atoms with Gasteiger partial charge in [0.2, 0.25) is 5.91 Å². The van der Waals surface area contributed by atoms with E-state index in [0.717, 1.165) is 43.1 Å². The van der Waals surface area contributed by atoms with E-state index in [1.54, 1.807) is 24.3 Å². The van der Waals surface area contributed by atoms with Crippen LogP contribution >= 0.6 is 11.8 Å². The van der Waals surface area contributed by atoms with Crippen molar-refractivity contribution < 1.29 is 4.79 Å². The Morgan fingerprint density at radius 3 is 2.46 bits per heavy atom. The number of nitrogen functional groups attached to an aromatic ring is 2. The van der Waals surface area contributed by atoms with E-state index in [4.69, 9.17) is 16.5 Å². The number of nitrogens with zero attached hydrogens (tertiary/aromatic N) is 6. The number of anilines is 2. The number of nitriles is 1. The number of thioether (sulfide) groups is 1. The van der Waals surface area contributed by atoms with Crippen molar-refractivity contribution in [3.8, 4) is 17.3 Å². The molecule has 180 valence electrons. The molecule has 3 heterocycles. The van der Waals surface area contributed by atoms with Gasteiger partial charge in [-0.3, -0.25) is 9.78 Å². The molecule has 0 saturated carbocycles. The van der Waals surface area contributed by atoms with Crippen molar-refractivity contribution in [3.05, 3.63) is 59.4 Å². The summed E-state index contributed by atoms with van der Waals surface area (Å²) in [5, 5.41) is 10.0. The van der Waals surface area contributed by atoms with Crippen molar-refractivity contribution in [2.75, 3.05) is 44.7 Å². The number of nitrogens with two attached hydrogens (primary N) is 2. The molecule has 0 radical (unpaired) electrons. The summed E-state index contributed by atoms with van der Waals surface area (Å²) in [6.07, 6.45) is 1.05. The topological polar surface area (TPSA) is 138 Å². The summed E-state index contributed by atoms with van der Waals surface area (Å²) in [5.74, 6) is 0.851. The highest BCUT2D eigenvalue weighted by molar-refractivity contribution is 7.98. The predicted octanol–water partition coefficient (Wildman–Crippen LogP) is 2.57. The van der Waals surface area contributed by atoms with Crippen molar-refractivity contribution in [3.63, 3.8) is 0 Å². The van der Waals surface area contributed by atoms with Crippen molar-refractivity contribution in [1.29, 1.82) is 5.26 Å². The lowest BCUT2D eigenvalue weighted by Crippen LogP contribution is -2.47. The first-order valence-corrected chi connectivity index (χ1v) is 12.4. The molecule has 3 aromatic rings. The van der Waals surface area contributed by atoms with E-state index < -0.39 is 0 Å². The monoisotopic (exact) mass is 488 g/mol. The van der Waals surface area contributed by atoms with Gasteiger partial charge in [0, 0.05) is 55.3 Å². The molecule has 1 aromatic carbocycles. The Labute approximate surface area is 209 Å². The summed E-state index contributed by atoms with van der Waals surface area (Å²) in [6.45, 7) is 3.40. The number of carbonyl (C=O) groups is 1. The Kier molecular flexibility index (Phi) is 7.80. The van der Waals surface area contributed by atoms with Crippen molar-refractivity contribution >= 4 is 29.2 Å². The van der Waals surface area contributed by atoms with E-state index in [1.807, 2.05) is 23.1 Å². The fraction of sp³-hybridized carbons (Fsp3) is 0.320. The molecule has 1 aliphatic rings. The lowest BCUT2D eigenvalue weighted by atomic mass is 10.1. The minimum Gasteiger partial charge on any atom is -0.399 e. The molecule has 0 unspecified atom stereocenters. The zero-order chi connectivity index (χ0) is 24.8. The molecule has 0 aliphatic carbocycles. The molecule has 1 amide bonds.